The highest BCUT2D eigenvalue weighted by Crippen LogP contribution is 2.31. The molecule has 0 aliphatic rings. The van der Waals surface area contributed by atoms with Gasteiger partial charge in [0, 0.05) is 22.1 Å². The Hall–Kier alpha value is -0.740. The van der Waals surface area contributed by atoms with Gasteiger partial charge in [0.25, 0.3) is 0 Å². The quantitative estimate of drug-likeness (QED) is 0.617. The highest BCUT2D eigenvalue weighted by atomic mass is 32.1. The van der Waals surface area contributed by atoms with E-state index >= 15 is 0 Å². The van der Waals surface area contributed by atoms with E-state index in [-0.39, 0.29) is 0 Å². The minimum absolute atomic E-state index is 0.584. The third-order valence-electron chi connectivity index (χ3n) is 2.70. The van der Waals surface area contributed by atoms with Gasteiger partial charge in [0.15, 0.2) is 0 Å². The predicted molar refractivity (Wildman–Crippen MR) is 74.0 cm³/mol. The van der Waals surface area contributed by atoms with Crippen LogP contribution in [0.4, 0.5) is 0 Å². The van der Waals surface area contributed by atoms with Crippen molar-refractivity contribution in [3.63, 3.8) is 0 Å². The van der Waals surface area contributed by atoms with Crippen molar-refractivity contribution in [2.75, 3.05) is 0 Å². The fraction of sp³-hybridized carbons (Fsp3) is 0.600. The van der Waals surface area contributed by atoms with Gasteiger partial charge >= 0.3 is 0 Å². The first kappa shape index (κ1) is 13.3. The molecule has 1 aromatic heterocycles. The summed E-state index contributed by atoms with van der Waals surface area (Å²) < 4.78 is 0. The Morgan fingerprint density at radius 2 is 2.12 bits per heavy atom. The molecule has 1 atom stereocenters. The summed E-state index contributed by atoms with van der Waals surface area (Å²) in [5.41, 5.74) is 0. The fourth-order valence-electron chi connectivity index (χ4n) is 1.96. The molecule has 88 valence electrons. The first-order valence-electron chi connectivity index (χ1n) is 6.19. The Kier molecular flexibility index (Phi) is 5.63. The molecule has 0 aliphatic carbocycles. The van der Waals surface area contributed by atoms with Gasteiger partial charge in [0.05, 0.1) is 0 Å². The van der Waals surface area contributed by atoms with E-state index in [2.05, 4.69) is 38.8 Å². The molecule has 1 unspecified atom stereocenters. The highest BCUT2D eigenvalue weighted by Gasteiger charge is 2.12. The zero-order valence-corrected chi connectivity index (χ0v) is 11.4. The number of terminal acetylenes is 1. The summed E-state index contributed by atoms with van der Waals surface area (Å²) in [6, 6.07) is 4.55. The molecule has 0 saturated carbocycles. The van der Waals surface area contributed by atoms with E-state index < -0.39 is 0 Å². The van der Waals surface area contributed by atoms with Crippen molar-refractivity contribution >= 4 is 11.3 Å². The molecule has 1 rings (SSSR count). The van der Waals surface area contributed by atoms with Crippen LogP contribution in [-0.4, -0.2) is 0 Å². The minimum atomic E-state index is 0.584. The molecule has 1 heterocycles. The normalized spacial score (nSPS) is 12.7. The topological polar surface area (TPSA) is 0 Å². The van der Waals surface area contributed by atoms with E-state index in [0.717, 1.165) is 12.3 Å². The largest absolute Gasteiger partial charge is 0.145 e. The SMILES string of the molecule is C#CCC(CCC)c1ccc(CC(C)C)s1. The van der Waals surface area contributed by atoms with Crippen molar-refractivity contribution in [2.24, 2.45) is 5.92 Å². The maximum atomic E-state index is 5.44. The van der Waals surface area contributed by atoms with Gasteiger partial charge in [0.2, 0.25) is 0 Å². The molecule has 0 aromatic carbocycles. The number of rotatable bonds is 6. The second-order valence-electron chi connectivity index (χ2n) is 4.80. The molecule has 0 amide bonds. The molecule has 0 nitrogen and oxygen atoms in total. The molecule has 0 bridgehead atoms. The zero-order valence-electron chi connectivity index (χ0n) is 10.6. The van der Waals surface area contributed by atoms with Crippen molar-refractivity contribution < 1.29 is 0 Å². The first-order chi connectivity index (χ1) is 7.67. The van der Waals surface area contributed by atoms with Crippen LogP contribution >= 0.6 is 11.3 Å². The van der Waals surface area contributed by atoms with E-state index in [1.165, 1.54) is 29.0 Å². The van der Waals surface area contributed by atoms with Crippen molar-refractivity contribution in [3.8, 4) is 12.3 Å². The second kappa shape index (κ2) is 6.76. The molecule has 0 saturated heterocycles. The average molecular weight is 234 g/mol. The highest BCUT2D eigenvalue weighted by molar-refractivity contribution is 7.12. The maximum Gasteiger partial charge on any atom is 0.0163 e. The van der Waals surface area contributed by atoms with Gasteiger partial charge in [-0.3, -0.25) is 0 Å². The standard InChI is InChI=1S/C15H22S/c1-5-7-13(8-6-2)15-10-9-14(16-15)11-12(3)4/h1,9-10,12-13H,6-8,11H2,2-4H3. The van der Waals surface area contributed by atoms with E-state index in [9.17, 15) is 0 Å². The molecule has 0 aliphatic heterocycles. The van der Waals surface area contributed by atoms with E-state index in [0.29, 0.717) is 5.92 Å². The van der Waals surface area contributed by atoms with Crippen LogP contribution < -0.4 is 0 Å². The van der Waals surface area contributed by atoms with Crippen molar-refractivity contribution in [1.82, 2.24) is 0 Å². The van der Waals surface area contributed by atoms with Crippen LogP contribution in [0.1, 0.15) is 55.7 Å². The van der Waals surface area contributed by atoms with Crippen LogP contribution in [0.3, 0.4) is 0 Å². The third-order valence-corrected chi connectivity index (χ3v) is 3.97. The summed E-state index contributed by atoms with van der Waals surface area (Å²) in [5.74, 6) is 4.13. The summed E-state index contributed by atoms with van der Waals surface area (Å²) >= 11 is 1.95. The van der Waals surface area contributed by atoms with Gasteiger partial charge in [-0.15, -0.1) is 23.7 Å². The Morgan fingerprint density at radius 3 is 2.69 bits per heavy atom. The predicted octanol–water partition coefficient (Wildman–Crippen LogP) is 4.85. The van der Waals surface area contributed by atoms with Gasteiger partial charge in [0.1, 0.15) is 0 Å². The van der Waals surface area contributed by atoms with Gasteiger partial charge in [-0.1, -0.05) is 27.2 Å². The van der Waals surface area contributed by atoms with E-state index in [1.807, 2.05) is 11.3 Å². The van der Waals surface area contributed by atoms with Gasteiger partial charge in [-0.05, 0) is 30.9 Å². The van der Waals surface area contributed by atoms with E-state index in [4.69, 9.17) is 6.42 Å². The Balaban J connectivity index is 2.70. The molecule has 0 N–H and O–H groups in total. The Labute approximate surface area is 104 Å². The number of thiophene rings is 1. The van der Waals surface area contributed by atoms with Crippen LogP contribution in [0.25, 0.3) is 0 Å². The average Bonchev–Trinajstić information content (AvgIpc) is 2.65. The van der Waals surface area contributed by atoms with Crippen LogP contribution in [0.15, 0.2) is 12.1 Å². The van der Waals surface area contributed by atoms with Crippen LogP contribution in [0.5, 0.6) is 0 Å². The van der Waals surface area contributed by atoms with Crippen molar-refractivity contribution in [3.05, 3.63) is 21.9 Å². The van der Waals surface area contributed by atoms with Crippen LogP contribution in [-0.2, 0) is 6.42 Å². The molecule has 1 aromatic rings. The molecular weight excluding hydrogens is 212 g/mol. The lowest BCUT2D eigenvalue weighted by Crippen LogP contribution is -1.94. The van der Waals surface area contributed by atoms with Crippen LogP contribution in [0.2, 0.25) is 0 Å². The Morgan fingerprint density at radius 1 is 1.38 bits per heavy atom. The molecule has 0 fully saturated rings. The maximum absolute atomic E-state index is 5.44. The van der Waals surface area contributed by atoms with Gasteiger partial charge < -0.3 is 0 Å². The van der Waals surface area contributed by atoms with Crippen molar-refractivity contribution in [1.29, 1.82) is 0 Å². The number of hydrogen-bond donors (Lipinski definition) is 0. The zero-order chi connectivity index (χ0) is 12.0. The molecular formula is C15H22S. The lowest BCUT2D eigenvalue weighted by atomic mass is 9.98. The number of hydrogen-bond acceptors (Lipinski definition) is 1. The summed E-state index contributed by atoms with van der Waals surface area (Å²) in [6.07, 6.45) is 9.94. The van der Waals surface area contributed by atoms with Gasteiger partial charge in [-0.25, -0.2) is 0 Å². The molecule has 16 heavy (non-hydrogen) atoms. The summed E-state index contributed by atoms with van der Waals surface area (Å²) in [7, 11) is 0. The Bertz CT molecular complexity index is 341. The minimum Gasteiger partial charge on any atom is -0.145 e. The lowest BCUT2D eigenvalue weighted by Gasteiger charge is -2.10. The monoisotopic (exact) mass is 234 g/mol. The smallest absolute Gasteiger partial charge is 0.0163 e. The first-order valence-corrected chi connectivity index (χ1v) is 7.01. The fourth-order valence-corrected chi connectivity index (χ4v) is 3.32. The molecule has 1 heteroatoms. The van der Waals surface area contributed by atoms with Crippen LogP contribution in [0, 0.1) is 18.3 Å². The second-order valence-corrected chi connectivity index (χ2v) is 6.00. The molecule has 0 spiro atoms. The molecule has 0 radical (unpaired) electrons. The van der Waals surface area contributed by atoms with Crippen molar-refractivity contribution in [2.45, 2.75) is 52.4 Å². The third kappa shape index (κ3) is 4.02. The lowest BCUT2D eigenvalue weighted by molar-refractivity contribution is 0.638. The summed E-state index contributed by atoms with van der Waals surface area (Å²) in [6.45, 7) is 6.76. The summed E-state index contributed by atoms with van der Waals surface area (Å²) in [4.78, 5) is 2.98. The summed E-state index contributed by atoms with van der Waals surface area (Å²) in [5, 5.41) is 0. The van der Waals surface area contributed by atoms with E-state index in [1.54, 1.807) is 0 Å². The van der Waals surface area contributed by atoms with Gasteiger partial charge in [-0.2, -0.15) is 0 Å².